The van der Waals surface area contributed by atoms with Crippen molar-refractivity contribution in [3.05, 3.63) is 0 Å². The Hall–Kier alpha value is 0.610. The molecule has 0 aromatic heterocycles. The first-order valence-electron chi connectivity index (χ1n) is 3.31. The number of hydrogen-bond acceptors (Lipinski definition) is 3. The standard InChI is InChI=1S/C6H12INO2/c1-8-3-4(9)2-5(8)6(7)10/h4-6,9-10H,2-3H2,1H3/t4?,5-,6?/m0/s1. The van der Waals surface area contributed by atoms with Crippen LogP contribution in [0.4, 0.5) is 0 Å². The van der Waals surface area contributed by atoms with E-state index in [4.69, 9.17) is 5.11 Å². The van der Waals surface area contributed by atoms with Crippen LogP contribution in [0.25, 0.3) is 0 Å². The summed E-state index contributed by atoms with van der Waals surface area (Å²) in [5.74, 6) is 0. The molecule has 2 unspecified atom stereocenters. The maximum absolute atomic E-state index is 9.17. The minimum atomic E-state index is -0.361. The molecule has 0 radical (unpaired) electrons. The molecular formula is C6H12INO2. The van der Waals surface area contributed by atoms with Crippen molar-refractivity contribution in [2.24, 2.45) is 0 Å². The summed E-state index contributed by atoms with van der Waals surface area (Å²) in [5, 5.41) is 18.3. The van der Waals surface area contributed by atoms with E-state index in [1.807, 2.05) is 34.5 Å². The van der Waals surface area contributed by atoms with E-state index in [0.717, 1.165) is 0 Å². The summed E-state index contributed by atoms with van der Waals surface area (Å²) in [6, 6.07) is 0.135. The van der Waals surface area contributed by atoms with Gasteiger partial charge < -0.3 is 10.2 Å². The summed E-state index contributed by atoms with van der Waals surface area (Å²) in [4.78, 5) is 1.99. The van der Waals surface area contributed by atoms with Gasteiger partial charge in [-0.15, -0.1) is 0 Å². The van der Waals surface area contributed by atoms with Crippen LogP contribution in [-0.2, 0) is 0 Å². The molecule has 60 valence electrons. The fraction of sp³-hybridized carbons (Fsp3) is 1.00. The average molecular weight is 257 g/mol. The van der Waals surface area contributed by atoms with Crippen molar-refractivity contribution in [2.75, 3.05) is 13.6 Å². The normalized spacial score (nSPS) is 38.4. The van der Waals surface area contributed by atoms with Gasteiger partial charge in [0.15, 0.2) is 0 Å². The van der Waals surface area contributed by atoms with Gasteiger partial charge in [-0.25, -0.2) is 0 Å². The molecule has 3 atom stereocenters. The summed E-state index contributed by atoms with van der Waals surface area (Å²) < 4.78 is -0.361. The fourth-order valence-corrected chi connectivity index (χ4v) is 2.17. The number of aliphatic hydroxyl groups excluding tert-OH is 2. The summed E-state index contributed by atoms with van der Waals surface area (Å²) in [5.41, 5.74) is 0. The molecule has 0 spiro atoms. The molecule has 0 saturated carbocycles. The number of nitrogens with zero attached hydrogens (tertiary/aromatic N) is 1. The van der Waals surface area contributed by atoms with Gasteiger partial charge >= 0.3 is 0 Å². The zero-order valence-corrected chi connectivity index (χ0v) is 8.02. The van der Waals surface area contributed by atoms with Crippen LogP contribution >= 0.6 is 22.6 Å². The summed E-state index contributed by atoms with van der Waals surface area (Å²) in [6.07, 6.45) is 0.445. The minimum Gasteiger partial charge on any atom is -0.392 e. The Labute approximate surface area is 74.2 Å². The van der Waals surface area contributed by atoms with Gasteiger partial charge in [0.25, 0.3) is 0 Å². The lowest BCUT2D eigenvalue weighted by Gasteiger charge is -2.19. The molecule has 10 heavy (non-hydrogen) atoms. The van der Waals surface area contributed by atoms with E-state index in [1.165, 1.54) is 0 Å². The third-order valence-corrected chi connectivity index (χ3v) is 2.73. The van der Waals surface area contributed by atoms with Crippen molar-refractivity contribution in [1.29, 1.82) is 0 Å². The number of hydrogen-bond donors (Lipinski definition) is 2. The van der Waals surface area contributed by atoms with Crippen molar-refractivity contribution in [3.63, 3.8) is 0 Å². The van der Waals surface area contributed by atoms with Gasteiger partial charge in [0.2, 0.25) is 0 Å². The summed E-state index contributed by atoms with van der Waals surface area (Å²) in [7, 11) is 1.92. The number of aliphatic hydroxyl groups is 2. The summed E-state index contributed by atoms with van der Waals surface area (Å²) in [6.45, 7) is 0.685. The molecular weight excluding hydrogens is 245 g/mol. The van der Waals surface area contributed by atoms with Crippen LogP contribution in [0.15, 0.2) is 0 Å². The first kappa shape index (κ1) is 8.70. The molecule has 0 aromatic carbocycles. The van der Waals surface area contributed by atoms with E-state index < -0.39 is 0 Å². The molecule has 0 bridgehead atoms. The minimum absolute atomic E-state index is 0.135. The van der Waals surface area contributed by atoms with Crippen LogP contribution in [0, 0.1) is 0 Å². The highest BCUT2D eigenvalue weighted by atomic mass is 127. The van der Waals surface area contributed by atoms with Crippen molar-refractivity contribution < 1.29 is 10.2 Å². The highest BCUT2D eigenvalue weighted by Gasteiger charge is 2.31. The van der Waals surface area contributed by atoms with Crippen LogP contribution in [-0.4, -0.2) is 45.0 Å². The van der Waals surface area contributed by atoms with E-state index in [-0.39, 0.29) is 16.3 Å². The molecule has 3 nitrogen and oxygen atoms in total. The van der Waals surface area contributed by atoms with Crippen molar-refractivity contribution in [3.8, 4) is 0 Å². The third-order valence-electron chi connectivity index (χ3n) is 1.90. The second-order valence-electron chi connectivity index (χ2n) is 2.77. The molecule has 1 fully saturated rings. The number of likely N-dealkylation sites (N-methyl/N-ethyl adjacent to an activating group) is 1. The van der Waals surface area contributed by atoms with Crippen molar-refractivity contribution >= 4 is 22.6 Å². The second kappa shape index (κ2) is 3.34. The number of rotatable bonds is 1. The maximum Gasteiger partial charge on any atom is 0.120 e. The quantitative estimate of drug-likeness (QED) is 0.505. The number of alkyl halides is 1. The SMILES string of the molecule is CN1CC(O)C[C@H]1C(O)I. The highest BCUT2D eigenvalue weighted by Crippen LogP contribution is 2.21. The van der Waals surface area contributed by atoms with E-state index in [2.05, 4.69) is 0 Å². The monoisotopic (exact) mass is 257 g/mol. The smallest absolute Gasteiger partial charge is 0.120 e. The van der Waals surface area contributed by atoms with Gasteiger partial charge in [-0.3, -0.25) is 4.90 Å². The first-order valence-corrected chi connectivity index (χ1v) is 4.56. The Morgan fingerprint density at radius 1 is 1.70 bits per heavy atom. The maximum atomic E-state index is 9.17. The van der Waals surface area contributed by atoms with E-state index in [1.54, 1.807) is 0 Å². The molecule has 1 aliphatic heterocycles. The zero-order chi connectivity index (χ0) is 7.72. The van der Waals surface area contributed by atoms with Gasteiger partial charge in [0.05, 0.1) is 6.10 Å². The Balaban J connectivity index is 2.46. The van der Waals surface area contributed by atoms with Crippen LogP contribution in [0.3, 0.4) is 0 Å². The molecule has 1 saturated heterocycles. The molecule has 1 aliphatic rings. The first-order chi connectivity index (χ1) is 4.61. The Morgan fingerprint density at radius 3 is 2.50 bits per heavy atom. The van der Waals surface area contributed by atoms with Crippen molar-refractivity contribution in [2.45, 2.75) is 22.7 Å². The number of β-amino-alcohol motifs (C(OH)–C–C–N with tert-alkyl or cyclic N) is 1. The largest absolute Gasteiger partial charge is 0.392 e. The van der Waals surface area contributed by atoms with Gasteiger partial charge in [0.1, 0.15) is 4.11 Å². The Kier molecular flexibility index (Phi) is 2.91. The average Bonchev–Trinajstić information content (AvgIpc) is 2.10. The molecule has 0 aromatic rings. The Morgan fingerprint density at radius 2 is 2.30 bits per heavy atom. The molecule has 0 amide bonds. The van der Waals surface area contributed by atoms with Crippen LogP contribution in [0.2, 0.25) is 0 Å². The molecule has 1 heterocycles. The van der Waals surface area contributed by atoms with Crippen molar-refractivity contribution in [1.82, 2.24) is 4.90 Å². The second-order valence-corrected chi connectivity index (χ2v) is 4.05. The van der Waals surface area contributed by atoms with E-state index >= 15 is 0 Å². The molecule has 2 N–H and O–H groups in total. The predicted molar refractivity (Wildman–Crippen MR) is 47.1 cm³/mol. The highest BCUT2D eigenvalue weighted by molar-refractivity contribution is 14.1. The van der Waals surface area contributed by atoms with Crippen LogP contribution in [0.1, 0.15) is 6.42 Å². The van der Waals surface area contributed by atoms with E-state index in [9.17, 15) is 5.11 Å². The lowest BCUT2D eigenvalue weighted by Crippen LogP contribution is -2.32. The van der Waals surface area contributed by atoms with Crippen LogP contribution in [0.5, 0.6) is 0 Å². The van der Waals surface area contributed by atoms with Gasteiger partial charge in [-0.1, -0.05) is 0 Å². The number of likely N-dealkylation sites (tertiary alicyclic amines) is 1. The summed E-state index contributed by atoms with van der Waals surface area (Å²) >= 11 is 1.97. The molecule has 0 aliphatic carbocycles. The van der Waals surface area contributed by atoms with Gasteiger partial charge in [-0.2, -0.15) is 0 Å². The van der Waals surface area contributed by atoms with Crippen LogP contribution < -0.4 is 0 Å². The Bertz CT molecular complexity index is 120. The van der Waals surface area contributed by atoms with Gasteiger partial charge in [0, 0.05) is 12.6 Å². The molecule has 4 heteroatoms. The number of halogens is 1. The third kappa shape index (κ3) is 1.81. The van der Waals surface area contributed by atoms with E-state index in [0.29, 0.717) is 13.0 Å². The lowest BCUT2D eigenvalue weighted by molar-refractivity contribution is 0.166. The zero-order valence-electron chi connectivity index (χ0n) is 5.87. The van der Waals surface area contributed by atoms with Gasteiger partial charge in [-0.05, 0) is 36.1 Å². The predicted octanol–water partition coefficient (Wildman–Crippen LogP) is -0.195. The lowest BCUT2D eigenvalue weighted by atomic mass is 10.2. The molecule has 1 rings (SSSR count). The fourth-order valence-electron chi connectivity index (χ4n) is 1.32. The topological polar surface area (TPSA) is 43.7 Å².